The van der Waals surface area contributed by atoms with Crippen molar-refractivity contribution in [1.82, 2.24) is 10.1 Å². The Labute approximate surface area is 207 Å². The number of hydrogen-bond acceptors (Lipinski definition) is 5. The van der Waals surface area contributed by atoms with Crippen molar-refractivity contribution in [1.29, 1.82) is 0 Å². The first-order chi connectivity index (χ1) is 16.5. The fourth-order valence-electron chi connectivity index (χ4n) is 3.83. The Morgan fingerprint density at radius 1 is 0.912 bits per heavy atom. The highest BCUT2D eigenvalue weighted by molar-refractivity contribution is 9.09. The number of carbonyl (C=O) groups is 1. The second-order valence-electron chi connectivity index (χ2n) is 7.99. The molecule has 3 aromatic rings. The Balaban J connectivity index is 1.59. The molecule has 4 rings (SSSR count). The second-order valence-corrected chi connectivity index (χ2v) is 8.55. The zero-order valence-electron chi connectivity index (χ0n) is 18.8. The number of carbonyl (C=O) groups excluding carboxylic acids is 1. The molecular formula is C26H27BrN2O5. The highest BCUT2D eigenvalue weighted by atomic mass is 79.9. The van der Waals surface area contributed by atoms with E-state index >= 15 is 0 Å². The number of benzene rings is 3. The fraction of sp³-hybridized carbons (Fsp3) is 0.269. The standard InChI is InChI=1S/C26H27BrN2O5/c1-32-23-14-12-22(13-15-23)26(31,19-27)24-16-28(33-17-20-8-4-2-5-9-20)25(30)29(24)34-18-21-10-6-3-7-11-21/h2-15,24,31H,16-19H2,1H3/t24-,26-/m0/s1. The molecule has 8 heteroatoms. The van der Waals surface area contributed by atoms with E-state index in [1.807, 2.05) is 60.7 Å². The molecule has 1 saturated heterocycles. The number of ether oxygens (including phenoxy) is 1. The summed E-state index contributed by atoms with van der Waals surface area (Å²) in [6.07, 6.45) is 0. The molecule has 0 spiro atoms. The Hall–Kier alpha value is -2.91. The van der Waals surface area contributed by atoms with Gasteiger partial charge in [0.25, 0.3) is 0 Å². The lowest BCUT2D eigenvalue weighted by atomic mass is 9.88. The monoisotopic (exact) mass is 526 g/mol. The molecule has 0 saturated carbocycles. The zero-order valence-corrected chi connectivity index (χ0v) is 20.4. The van der Waals surface area contributed by atoms with Crippen molar-refractivity contribution in [2.24, 2.45) is 0 Å². The predicted octanol–water partition coefficient (Wildman–Crippen LogP) is 4.65. The maximum atomic E-state index is 13.3. The van der Waals surface area contributed by atoms with E-state index in [2.05, 4.69) is 15.9 Å². The molecule has 3 aromatic carbocycles. The summed E-state index contributed by atoms with van der Waals surface area (Å²) in [7, 11) is 1.59. The topological polar surface area (TPSA) is 71.5 Å². The van der Waals surface area contributed by atoms with Crippen LogP contribution in [0.3, 0.4) is 0 Å². The Bertz CT molecular complexity index is 1070. The average Bonchev–Trinajstić information content (AvgIpc) is 3.22. The van der Waals surface area contributed by atoms with Crippen LogP contribution >= 0.6 is 15.9 Å². The van der Waals surface area contributed by atoms with Gasteiger partial charge in [0.2, 0.25) is 0 Å². The summed E-state index contributed by atoms with van der Waals surface area (Å²) in [4.78, 5) is 25.1. The molecule has 1 N–H and O–H groups in total. The van der Waals surface area contributed by atoms with Gasteiger partial charge in [-0.2, -0.15) is 10.1 Å². The summed E-state index contributed by atoms with van der Waals surface area (Å²) < 4.78 is 5.25. The molecule has 2 amide bonds. The molecule has 0 bridgehead atoms. The maximum absolute atomic E-state index is 13.3. The van der Waals surface area contributed by atoms with Gasteiger partial charge in [0.05, 0.1) is 13.7 Å². The summed E-state index contributed by atoms with van der Waals surface area (Å²) in [5.41, 5.74) is 1.02. The Kier molecular flexibility index (Phi) is 7.84. The number of halogens is 1. The molecule has 0 unspecified atom stereocenters. The van der Waals surface area contributed by atoms with Gasteiger partial charge in [0.1, 0.15) is 30.6 Å². The predicted molar refractivity (Wildman–Crippen MR) is 131 cm³/mol. The van der Waals surface area contributed by atoms with Crippen LogP contribution in [0.1, 0.15) is 16.7 Å². The fourth-order valence-corrected chi connectivity index (χ4v) is 4.53. The van der Waals surface area contributed by atoms with E-state index < -0.39 is 17.7 Å². The van der Waals surface area contributed by atoms with Gasteiger partial charge in [-0.05, 0) is 28.8 Å². The highest BCUT2D eigenvalue weighted by Crippen LogP contribution is 2.36. The largest absolute Gasteiger partial charge is 0.497 e. The van der Waals surface area contributed by atoms with Gasteiger partial charge in [-0.15, -0.1) is 0 Å². The van der Waals surface area contributed by atoms with Crippen LogP contribution in [-0.2, 0) is 28.5 Å². The number of urea groups is 1. The van der Waals surface area contributed by atoms with E-state index in [1.165, 1.54) is 10.1 Å². The van der Waals surface area contributed by atoms with Gasteiger partial charge >= 0.3 is 6.03 Å². The minimum Gasteiger partial charge on any atom is -0.497 e. The number of methoxy groups -OCH3 is 1. The van der Waals surface area contributed by atoms with Crippen LogP contribution in [0.15, 0.2) is 84.9 Å². The molecule has 0 aliphatic carbocycles. The van der Waals surface area contributed by atoms with E-state index in [4.69, 9.17) is 14.4 Å². The number of hydrogen-bond donors (Lipinski definition) is 1. The van der Waals surface area contributed by atoms with Crippen molar-refractivity contribution in [3.63, 3.8) is 0 Å². The minimum atomic E-state index is -1.44. The zero-order chi connectivity index (χ0) is 24.0. The molecule has 1 fully saturated rings. The second kappa shape index (κ2) is 11.0. The summed E-state index contributed by atoms with van der Waals surface area (Å²) >= 11 is 3.46. The van der Waals surface area contributed by atoms with Gasteiger partial charge in [0, 0.05) is 5.33 Å². The van der Waals surface area contributed by atoms with Crippen LogP contribution in [0, 0.1) is 0 Å². The lowest BCUT2D eigenvalue weighted by molar-refractivity contribution is -0.181. The van der Waals surface area contributed by atoms with Crippen molar-refractivity contribution in [3.05, 3.63) is 102 Å². The molecule has 0 aromatic heterocycles. The van der Waals surface area contributed by atoms with Crippen molar-refractivity contribution in [2.75, 3.05) is 19.0 Å². The molecule has 0 radical (unpaired) electrons. The first-order valence-corrected chi connectivity index (χ1v) is 12.0. The highest BCUT2D eigenvalue weighted by Gasteiger charge is 2.51. The van der Waals surface area contributed by atoms with E-state index in [0.29, 0.717) is 11.3 Å². The van der Waals surface area contributed by atoms with Gasteiger partial charge in [-0.3, -0.25) is 9.68 Å². The van der Waals surface area contributed by atoms with Crippen LogP contribution in [0.2, 0.25) is 0 Å². The first-order valence-electron chi connectivity index (χ1n) is 10.9. The first kappa shape index (κ1) is 24.2. The van der Waals surface area contributed by atoms with Gasteiger partial charge < -0.3 is 9.84 Å². The summed E-state index contributed by atoms with van der Waals surface area (Å²) in [6.45, 7) is 0.520. The number of amides is 2. The number of hydroxylamine groups is 4. The normalized spacial score (nSPS) is 17.6. The molecule has 178 valence electrons. The van der Waals surface area contributed by atoms with Crippen LogP contribution in [0.5, 0.6) is 5.75 Å². The third kappa shape index (κ3) is 5.26. The van der Waals surface area contributed by atoms with Crippen molar-refractivity contribution < 1.29 is 24.3 Å². The van der Waals surface area contributed by atoms with Crippen molar-refractivity contribution >= 4 is 22.0 Å². The number of nitrogens with zero attached hydrogens (tertiary/aromatic N) is 2. The SMILES string of the molecule is COc1ccc([C@@](O)(CBr)[C@@H]2CN(OCc3ccccc3)C(=O)N2OCc2ccccc2)cc1. The molecule has 1 aliphatic heterocycles. The number of aliphatic hydroxyl groups is 1. The smallest absolute Gasteiger partial charge is 0.368 e. The van der Waals surface area contributed by atoms with Crippen LogP contribution < -0.4 is 4.74 Å². The lowest BCUT2D eigenvalue weighted by Gasteiger charge is -2.36. The Morgan fingerprint density at radius 2 is 1.47 bits per heavy atom. The van der Waals surface area contributed by atoms with E-state index in [0.717, 1.165) is 11.1 Å². The Morgan fingerprint density at radius 3 is 2.00 bits per heavy atom. The molecule has 1 heterocycles. The van der Waals surface area contributed by atoms with E-state index in [-0.39, 0.29) is 25.1 Å². The third-order valence-corrected chi connectivity index (χ3v) is 6.67. The quantitative estimate of drug-likeness (QED) is 0.389. The molecule has 7 nitrogen and oxygen atoms in total. The molecule has 34 heavy (non-hydrogen) atoms. The van der Waals surface area contributed by atoms with E-state index in [9.17, 15) is 9.90 Å². The van der Waals surface area contributed by atoms with Crippen molar-refractivity contribution in [2.45, 2.75) is 24.9 Å². The van der Waals surface area contributed by atoms with E-state index in [1.54, 1.807) is 31.4 Å². The van der Waals surface area contributed by atoms with Gasteiger partial charge in [0.15, 0.2) is 0 Å². The minimum absolute atomic E-state index is 0.120. The van der Waals surface area contributed by atoms with Gasteiger partial charge in [-0.25, -0.2) is 4.79 Å². The van der Waals surface area contributed by atoms with Crippen molar-refractivity contribution in [3.8, 4) is 5.75 Å². The summed E-state index contributed by atoms with van der Waals surface area (Å²) in [5, 5.41) is 14.5. The lowest BCUT2D eigenvalue weighted by Crippen LogP contribution is -2.51. The third-order valence-electron chi connectivity index (χ3n) is 5.81. The molecule has 2 atom stereocenters. The van der Waals surface area contributed by atoms with Crippen LogP contribution in [0.25, 0.3) is 0 Å². The summed E-state index contributed by atoms with van der Waals surface area (Å²) in [6, 6.07) is 25.1. The molecular weight excluding hydrogens is 500 g/mol. The number of rotatable bonds is 10. The van der Waals surface area contributed by atoms with Crippen LogP contribution in [-0.4, -0.2) is 46.3 Å². The average molecular weight is 527 g/mol. The number of alkyl halides is 1. The molecule has 1 aliphatic rings. The summed E-state index contributed by atoms with van der Waals surface area (Å²) in [5.74, 6) is 0.674. The van der Waals surface area contributed by atoms with Gasteiger partial charge in [-0.1, -0.05) is 88.7 Å². The van der Waals surface area contributed by atoms with Crippen LogP contribution in [0.4, 0.5) is 4.79 Å². The maximum Gasteiger partial charge on any atom is 0.368 e.